The molecule has 3 saturated heterocycles. The van der Waals surface area contributed by atoms with E-state index in [2.05, 4.69) is 5.32 Å². The van der Waals surface area contributed by atoms with Gasteiger partial charge in [0.15, 0.2) is 0 Å². The summed E-state index contributed by atoms with van der Waals surface area (Å²) in [5.41, 5.74) is -3.42. The van der Waals surface area contributed by atoms with Crippen LogP contribution >= 0.6 is 0 Å². The Balaban J connectivity index is 1.31. The molecule has 6 aliphatic rings. The number of ether oxygens (including phenoxy) is 2. The van der Waals surface area contributed by atoms with Gasteiger partial charge >= 0.3 is 6.09 Å². The first-order valence-corrected chi connectivity index (χ1v) is 12.8. The molecule has 196 valence electrons. The summed E-state index contributed by atoms with van der Waals surface area (Å²) < 4.78 is 25.3. The van der Waals surface area contributed by atoms with Gasteiger partial charge < -0.3 is 29.7 Å². The molecule has 10 heteroatoms. The fourth-order valence-electron chi connectivity index (χ4n) is 6.73. The lowest BCUT2D eigenvalue weighted by Gasteiger charge is -2.66. The number of nitrogens with zero attached hydrogens (tertiary/aromatic N) is 2. The second-order valence-electron chi connectivity index (χ2n) is 12.7. The molecule has 0 unspecified atom stereocenters. The number of aliphatic hydroxyl groups is 1. The van der Waals surface area contributed by atoms with Gasteiger partial charge in [-0.15, -0.1) is 0 Å². The van der Waals surface area contributed by atoms with Crippen LogP contribution < -0.4 is 5.32 Å². The zero-order chi connectivity index (χ0) is 25.4. The van der Waals surface area contributed by atoms with Crippen LogP contribution in [0.2, 0.25) is 0 Å². The molecular weight excluding hydrogens is 457 g/mol. The number of hydrogen-bond acceptors (Lipinski definition) is 6. The maximum absolute atomic E-state index is 14.0. The number of halogens is 1. The summed E-state index contributed by atoms with van der Waals surface area (Å²) in [6, 6.07) is -0.170. The Morgan fingerprint density at radius 3 is 2.49 bits per heavy atom. The van der Waals surface area contributed by atoms with Crippen molar-refractivity contribution in [2.75, 3.05) is 26.2 Å². The maximum atomic E-state index is 14.0. The minimum Gasteiger partial charge on any atom is -0.444 e. The monoisotopic (exact) mass is 495 g/mol. The van der Waals surface area contributed by atoms with Gasteiger partial charge in [0.05, 0.1) is 29.6 Å². The lowest BCUT2D eigenvalue weighted by atomic mass is 9.47. The highest BCUT2D eigenvalue weighted by atomic mass is 19.1. The molecule has 3 amide bonds. The van der Waals surface area contributed by atoms with Gasteiger partial charge in [-0.3, -0.25) is 9.59 Å². The van der Waals surface area contributed by atoms with Gasteiger partial charge in [0, 0.05) is 51.0 Å². The molecule has 2 N–H and O–H groups in total. The van der Waals surface area contributed by atoms with Crippen molar-refractivity contribution >= 4 is 17.9 Å². The number of alkyl halides is 1. The van der Waals surface area contributed by atoms with Crippen LogP contribution in [0, 0.1) is 11.3 Å². The molecule has 0 spiro atoms. The molecule has 0 aromatic heterocycles. The Labute approximate surface area is 205 Å². The van der Waals surface area contributed by atoms with Crippen LogP contribution in [0.1, 0.15) is 66.2 Å². The first-order valence-electron chi connectivity index (χ1n) is 12.8. The van der Waals surface area contributed by atoms with Crippen molar-refractivity contribution in [2.24, 2.45) is 11.3 Å². The van der Waals surface area contributed by atoms with E-state index in [0.717, 1.165) is 0 Å². The minimum absolute atomic E-state index is 0.0369. The van der Waals surface area contributed by atoms with Crippen LogP contribution in [0.3, 0.4) is 0 Å². The largest absolute Gasteiger partial charge is 0.444 e. The van der Waals surface area contributed by atoms with E-state index in [1.54, 1.807) is 32.6 Å². The van der Waals surface area contributed by atoms with Gasteiger partial charge in [-0.25, -0.2) is 9.18 Å². The number of aliphatic hydroxyl groups excluding tert-OH is 1. The van der Waals surface area contributed by atoms with Gasteiger partial charge in [0.25, 0.3) is 0 Å². The second-order valence-corrected chi connectivity index (χ2v) is 12.7. The van der Waals surface area contributed by atoms with Crippen LogP contribution in [-0.2, 0) is 19.1 Å². The standard InChI is InChI=1S/C25H38FN3O6/c1-22(2,3)35-21(33)28-7-5-18(30)23(4,14-28)20(32)29-10-15(9-17-16(29)6-8-34-17)19(31)27-25-11-24(26,12-25)13-25/h15-18,30H,5-14H2,1-4H3,(H,27,31)/t15-,16+,17+,18-,23-,24?,25?/m1/s1. The molecule has 2 bridgehead atoms. The topological polar surface area (TPSA) is 108 Å². The molecule has 9 nitrogen and oxygen atoms in total. The van der Waals surface area contributed by atoms with E-state index in [1.807, 2.05) is 0 Å². The Bertz CT molecular complexity index is 902. The molecule has 0 radical (unpaired) electrons. The van der Waals surface area contributed by atoms with Crippen molar-refractivity contribution in [3.8, 4) is 0 Å². The van der Waals surface area contributed by atoms with Crippen molar-refractivity contribution in [1.82, 2.24) is 15.1 Å². The Morgan fingerprint density at radius 1 is 1.17 bits per heavy atom. The van der Waals surface area contributed by atoms with Crippen molar-refractivity contribution in [2.45, 2.75) is 101 Å². The third kappa shape index (κ3) is 4.30. The molecule has 35 heavy (non-hydrogen) atoms. The number of piperidine rings is 2. The van der Waals surface area contributed by atoms with Crippen molar-refractivity contribution < 1.29 is 33.4 Å². The average Bonchev–Trinajstić information content (AvgIpc) is 3.20. The number of rotatable bonds is 3. The van der Waals surface area contributed by atoms with E-state index >= 15 is 0 Å². The Kier molecular flexibility index (Phi) is 5.68. The van der Waals surface area contributed by atoms with Gasteiger partial charge in [0.1, 0.15) is 11.3 Å². The Morgan fingerprint density at radius 2 is 1.86 bits per heavy atom. The summed E-state index contributed by atoms with van der Waals surface area (Å²) in [6.45, 7) is 8.11. The fourth-order valence-corrected chi connectivity index (χ4v) is 6.73. The van der Waals surface area contributed by atoms with Gasteiger partial charge in [0.2, 0.25) is 11.8 Å². The quantitative estimate of drug-likeness (QED) is 0.618. The molecule has 3 saturated carbocycles. The van der Waals surface area contributed by atoms with Crippen LogP contribution in [0.15, 0.2) is 0 Å². The summed E-state index contributed by atoms with van der Waals surface area (Å²) in [6.07, 6.45) is 0.863. The molecule has 0 aromatic carbocycles. The first-order chi connectivity index (χ1) is 16.2. The third-order valence-corrected chi connectivity index (χ3v) is 8.56. The highest BCUT2D eigenvalue weighted by molar-refractivity contribution is 5.87. The highest BCUT2D eigenvalue weighted by Gasteiger charge is 2.70. The number of hydrogen-bond donors (Lipinski definition) is 2. The molecule has 3 aliphatic heterocycles. The molecule has 3 aliphatic carbocycles. The van der Waals surface area contributed by atoms with E-state index in [1.165, 1.54) is 4.90 Å². The van der Waals surface area contributed by atoms with E-state index < -0.39 is 40.3 Å². The number of fused-ring (bicyclic) bond motifs is 1. The number of nitrogens with one attached hydrogen (secondary N) is 1. The van der Waals surface area contributed by atoms with E-state index in [-0.39, 0.29) is 43.5 Å². The summed E-state index contributed by atoms with van der Waals surface area (Å²) in [5, 5.41) is 14.0. The van der Waals surface area contributed by atoms with Crippen LogP contribution in [0.5, 0.6) is 0 Å². The zero-order valence-corrected chi connectivity index (χ0v) is 21.1. The number of likely N-dealkylation sites (tertiary alicyclic amines) is 2. The lowest BCUT2D eigenvalue weighted by Crippen LogP contribution is -2.77. The second kappa shape index (κ2) is 8.03. The number of carbonyl (C=O) groups excluding carboxylic acids is 3. The van der Waals surface area contributed by atoms with Crippen LogP contribution in [0.25, 0.3) is 0 Å². The summed E-state index contributed by atoms with van der Waals surface area (Å²) >= 11 is 0. The summed E-state index contributed by atoms with van der Waals surface area (Å²) in [4.78, 5) is 43.1. The van der Waals surface area contributed by atoms with Gasteiger partial charge in [-0.2, -0.15) is 0 Å². The number of amides is 3. The predicted molar refractivity (Wildman–Crippen MR) is 123 cm³/mol. The minimum atomic E-state index is -1.23. The smallest absolute Gasteiger partial charge is 0.410 e. The van der Waals surface area contributed by atoms with Gasteiger partial charge in [-0.05, 0) is 47.0 Å². The SMILES string of the molecule is CC(C)(C)OC(=O)N1CC[C@@H](O)[C@](C)(C(=O)N2C[C@H](C(=O)NC34CC(F)(C3)C4)C[C@@H]3OCC[C@@H]32)C1. The third-order valence-electron chi connectivity index (χ3n) is 8.56. The first kappa shape index (κ1) is 24.7. The summed E-state index contributed by atoms with van der Waals surface area (Å²) in [5.74, 6) is -0.901. The van der Waals surface area contributed by atoms with E-state index in [9.17, 15) is 23.9 Å². The van der Waals surface area contributed by atoms with Crippen molar-refractivity contribution in [1.29, 1.82) is 0 Å². The van der Waals surface area contributed by atoms with E-state index in [0.29, 0.717) is 45.3 Å². The molecular formula is C25H38FN3O6. The molecule has 6 rings (SSSR count). The molecule has 0 aromatic rings. The van der Waals surface area contributed by atoms with Gasteiger partial charge in [-0.1, -0.05) is 0 Å². The molecule has 3 heterocycles. The zero-order valence-electron chi connectivity index (χ0n) is 21.1. The van der Waals surface area contributed by atoms with E-state index in [4.69, 9.17) is 9.47 Å². The van der Waals surface area contributed by atoms with Crippen molar-refractivity contribution in [3.63, 3.8) is 0 Å². The highest BCUT2D eigenvalue weighted by Crippen LogP contribution is 2.63. The Hall–Kier alpha value is -1.94. The normalized spacial score (nSPS) is 42.5. The van der Waals surface area contributed by atoms with Crippen LogP contribution in [-0.4, -0.2) is 94.1 Å². The molecule has 5 atom stereocenters. The maximum Gasteiger partial charge on any atom is 0.410 e. The van der Waals surface area contributed by atoms with Crippen LogP contribution in [0.4, 0.5) is 9.18 Å². The predicted octanol–water partition coefficient (Wildman–Crippen LogP) is 1.76. The lowest BCUT2D eigenvalue weighted by molar-refractivity contribution is -0.179. The van der Waals surface area contributed by atoms with Crippen molar-refractivity contribution in [3.05, 3.63) is 0 Å². The summed E-state index contributed by atoms with van der Waals surface area (Å²) in [7, 11) is 0. The number of carbonyl (C=O) groups is 3. The fraction of sp³-hybridized carbons (Fsp3) is 0.880. The average molecular weight is 496 g/mol. The molecule has 6 fully saturated rings.